The summed E-state index contributed by atoms with van der Waals surface area (Å²) in [6.07, 6.45) is -2.32. The van der Waals surface area contributed by atoms with Crippen LogP contribution in [0.4, 0.5) is 36.3 Å². The van der Waals surface area contributed by atoms with E-state index >= 15 is 0 Å². The first kappa shape index (κ1) is 17.5. The number of rotatable bonds is 2. The molecule has 7 nitrogen and oxygen atoms in total. The normalized spacial score (nSPS) is 16.3. The summed E-state index contributed by atoms with van der Waals surface area (Å²) >= 11 is 0. The van der Waals surface area contributed by atoms with Crippen molar-refractivity contribution >= 4 is 23.1 Å². The molecule has 2 aromatic rings. The maximum atomic E-state index is 13.0. The molecule has 27 heavy (non-hydrogen) atoms. The summed E-state index contributed by atoms with van der Waals surface area (Å²) in [5.74, 6) is 0.840. The predicted molar refractivity (Wildman–Crippen MR) is 96.9 cm³/mol. The lowest BCUT2D eigenvalue weighted by Gasteiger charge is -2.23. The van der Waals surface area contributed by atoms with Crippen LogP contribution in [0.15, 0.2) is 16.9 Å². The van der Waals surface area contributed by atoms with Crippen molar-refractivity contribution in [2.24, 2.45) is 0 Å². The zero-order valence-electron chi connectivity index (χ0n) is 14.9. The largest absolute Gasteiger partial charge is 0.416 e. The summed E-state index contributed by atoms with van der Waals surface area (Å²) in [7, 11) is 0. The first-order valence-electron chi connectivity index (χ1n) is 8.65. The fraction of sp³-hybridized carbons (Fsp3) is 0.412. The highest BCUT2D eigenvalue weighted by Gasteiger charge is 2.33. The molecule has 1 aromatic heterocycles. The molecule has 0 aliphatic carbocycles. The van der Waals surface area contributed by atoms with Crippen molar-refractivity contribution in [1.29, 1.82) is 0 Å². The minimum Gasteiger partial charge on any atom is -0.342 e. The molecule has 1 saturated heterocycles. The first-order chi connectivity index (χ1) is 12.7. The summed E-state index contributed by atoms with van der Waals surface area (Å²) in [5, 5.41) is 1.44. The Bertz CT molecular complexity index is 926. The van der Waals surface area contributed by atoms with Gasteiger partial charge in [-0.3, -0.25) is 20.6 Å². The van der Waals surface area contributed by atoms with Crippen LogP contribution in [0.25, 0.3) is 0 Å². The lowest BCUT2D eigenvalue weighted by atomic mass is 10.0. The number of nitrogens with zero attached hydrogens (tertiary/aromatic N) is 3. The number of hydrazine groups is 2. The van der Waals surface area contributed by atoms with Gasteiger partial charge in [0, 0.05) is 13.1 Å². The molecule has 144 valence electrons. The molecule has 0 saturated carbocycles. The molecule has 1 aromatic carbocycles. The van der Waals surface area contributed by atoms with Crippen LogP contribution in [0.1, 0.15) is 29.5 Å². The van der Waals surface area contributed by atoms with Crippen LogP contribution >= 0.6 is 0 Å². The van der Waals surface area contributed by atoms with Gasteiger partial charge in [0.1, 0.15) is 0 Å². The number of nitrogens with one attached hydrogen (secondary N) is 3. The Morgan fingerprint density at radius 1 is 1.07 bits per heavy atom. The third-order valence-corrected chi connectivity index (χ3v) is 4.80. The number of halogens is 3. The van der Waals surface area contributed by atoms with Gasteiger partial charge in [0.2, 0.25) is 5.95 Å². The molecule has 2 aliphatic rings. The Labute approximate surface area is 153 Å². The third kappa shape index (κ3) is 3.04. The van der Waals surface area contributed by atoms with Crippen molar-refractivity contribution < 1.29 is 13.2 Å². The summed E-state index contributed by atoms with van der Waals surface area (Å²) in [4.78, 5) is 21.6. The quantitative estimate of drug-likeness (QED) is 0.743. The zero-order chi connectivity index (χ0) is 19.3. The molecule has 0 unspecified atom stereocenters. The van der Waals surface area contributed by atoms with Crippen LogP contribution in [0.3, 0.4) is 0 Å². The Morgan fingerprint density at radius 3 is 2.30 bits per heavy atom. The number of aromatic amines is 1. The standard InChI is InChI=1S/C17H19F3N6O/c1-9-7-11(17(18,19)20)8-10(2)13(9)26-23-12-14(24-26)21-16(22-15(12)27)25-5-3-4-6-25/h7-8,23H,3-6H2,1-2H3,(H2,21,22,24,27). The highest BCUT2D eigenvalue weighted by molar-refractivity contribution is 5.78. The number of benzene rings is 1. The lowest BCUT2D eigenvalue weighted by molar-refractivity contribution is -0.137. The molecular formula is C17H19F3N6O. The second-order valence-electron chi connectivity index (χ2n) is 6.82. The lowest BCUT2D eigenvalue weighted by Crippen LogP contribution is -2.32. The summed E-state index contributed by atoms with van der Waals surface area (Å²) in [5.41, 5.74) is 6.43. The number of alkyl halides is 3. The number of anilines is 4. The van der Waals surface area contributed by atoms with Gasteiger partial charge in [-0.15, -0.1) is 0 Å². The van der Waals surface area contributed by atoms with Gasteiger partial charge in [0.25, 0.3) is 5.56 Å². The van der Waals surface area contributed by atoms with Gasteiger partial charge in [-0.2, -0.15) is 23.3 Å². The van der Waals surface area contributed by atoms with Gasteiger partial charge in [0.05, 0.1) is 11.3 Å². The number of aryl methyl sites for hydroxylation is 2. The van der Waals surface area contributed by atoms with Crippen molar-refractivity contribution in [3.63, 3.8) is 0 Å². The van der Waals surface area contributed by atoms with Crippen molar-refractivity contribution in [3.05, 3.63) is 39.2 Å². The molecule has 2 aliphatic heterocycles. The van der Waals surface area contributed by atoms with E-state index in [1.165, 1.54) is 5.12 Å². The molecule has 0 spiro atoms. The van der Waals surface area contributed by atoms with E-state index in [0.29, 0.717) is 28.6 Å². The van der Waals surface area contributed by atoms with Crippen LogP contribution in [0.2, 0.25) is 0 Å². The van der Waals surface area contributed by atoms with E-state index < -0.39 is 11.7 Å². The molecule has 0 radical (unpaired) electrons. The van der Waals surface area contributed by atoms with Gasteiger partial charge in [-0.25, -0.2) is 0 Å². The van der Waals surface area contributed by atoms with Gasteiger partial charge < -0.3 is 4.90 Å². The average Bonchev–Trinajstić information content (AvgIpc) is 3.22. The van der Waals surface area contributed by atoms with Crippen LogP contribution in [0.5, 0.6) is 0 Å². The number of aromatic nitrogens is 2. The maximum Gasteiger partial charge on any atom is 0.416 e. The third-order valence-electron chi connectivity index (χ3n) is 4.80. The van der Waals surface area contributed by atoms with Gasteiger partial charge in [-0.1, -0.05) is 0 Å². The fourth-order valence-corrected chi connectivity index (χ4v) is 3.55. The highest BCUT2D eigenvalue weighted by Crippen LogP contribution is 2.37. The Morgan fingerprint density at radius 2 is 1.70 bits per heavy atom. The summed E-state index contributed by atoms with van der Waals surface area (Å²) < 4.78 is 39.0. The van der Waals surface area contributed by atoms with Crippen molar-refractivity contribution in [2.75, 3.05) is 34.0 Å². The first-order valence-corrected chi connectivity index (χ1v) is 8.65. The predicted octanol–water partition coefficient (Wildman–Crippen LogP) is 3.18. The van der Waals surface area contributed by atoms with Gasteiger partial charge in [-0.05, 0) is 49.9 Å². The van der Waals surface area contributed by atoms with E-state index in [4.69, 9.17) is 0 Å². The molecule has 1 fully saturated rings. The van der Waals surface area contributed by atoms with E-state index in [-0.39, 0.29) is 11.2 Å². The van der Waals surface area contributed by atoms with Crippen LogP contribution in [-0.4, -0.2) is 23.1 Å². The number of fused-ring (bicyclic) bond motifs is 1. The maximum absolute atomic E-state index is 13.0. The van der Waals surface area contributed by atoms with Gasteiger partial charge >= 0.3 is 6.18 Å². The molecule has 0 bridgehead atoms. The molecule has 3 N–H and O–H groups in total. The number of hydrogen-bond donors (Lipinski definition) is 3. The second kappa shape index (κ2) is 6.07. The van der Waals surface area contributed by atoms with E-state index in [1.54, 1.807) is 13.8 Å². The van der Waals surface area contributed by atoms with E-state index in [2.05, 4.69) is 20.8 Å². The van der Waals surface area contributed by atoms with Crippen LogP contribution in [-0.2, 0) is 6.18 Å². The monoisotopic (exact) mass is 380 g/mol. The summed E-state index contributed by atoms with van der Waals surface area (Å²) in [6.45, 7) is 4.85. The van der Waals surface area contributed by atoms with Crippen molar-refractivity contribution in [2.45, 2.75) is 32.9 Å². The van der Waals surface area contributed by atoms with Gasteiger partial charge in [0.15, 0.2) is 11.5 Å². The molecule has 10 heteroatoms. The van der Waals surface area contributed by atoms with E-state index in [1.807, 2.05) is 4.90 Å². The van der Waals surface area contributed by atoms with E-state index in [0.717, 1.165) is 38.1 Å². The van der Waals surface area contributed by atoms with Crippen LogP contribution in [0, 0.1) is 13.8 Å². The average molecular weight is 380 g/mol. The fourth-order valence-electron chi connectivity index (χ4n) is 3.55. The highest BCUT2D eigenvalue weighted by atomic mass is 19.4. The number of H-pyrrole nitrogens is 1. The van der Waals surface area contributed by atoms with Crippen molar-refractivity contribution in [3.8, 4) is 0 Å². The minimum absolute atomic E-state index is 0.233. The Kier molecular flexibility index (Phi) is 3.93. The van der Waals surface area contributed by atoms with E-state index in [9.17, 15) is 18.0 Å². The molecule has 0 amide bonds. The topological polar surface area (TPSA) is 76.3 Å². The number of hydrogen-bond acceptors (Lipinski definition) is 6. The zero-order valence-corrected chi connectivity index (χ0v) is 14.9. The molecule has 3 heterocycles. The molecule has 4 rings (SSSR count). The smallest absolute Gasteiger partial charge is 0.342 e. The minimum atomic E-state index is -4.41. The SMILES string of the molecule is Cc1cc(C(F)(F)F)cc(C)c1N1Nc2nc(N3CCCC3)[nH]c(=O)c2N1. The molecule has 0 atom stereocenters. The second-order valence-corrected chi connectivity index (χ2v) is 6.82. The Hall–Kier alpha value is -2.91. The van der Waals surface area contributed by atoms with Crippen LogP contribution < -0.4 is 26.4 Å². The van der Waals surface area contributed by atoms with Crippen molar-refractivity contribution in [1.82, 2.24) is 9.97 Å². The Balaban J connectivity index is 1.67. The molecular weight excluding hydrogens is 361 g/mol. The summed E-state index contributed by atoms with van der Waals surface area (Å²) in [6, 6.07) is 2.17.